The monoisotopic (exact) mass is 463 g/mol. The Bertz CT molecular complexity index is 951. The summed E-state index contributed by atoms with van der Waals surface area (Å²) in [5.74, 6) is 0.740. The number of hydrogen-bond acceptors (Lipinski definition) is 4. The van der Waals surface area contributed by atoms with Crippen molar-refractivity contribution in [2.75, 3.05) is 43.1 Å². The van der Waals surface area contributed by atoms with Gasteiger partial charge in [-0.1, -0.05) is 30.3 Å². The van der Waals surface area contributed by atoms with Crippen LogP contribution in [0, 0.1) is 11.8 Å². The third kappa shape index (κ3) is 6.83. The highest BCUT2D eigenvalue weighted by Crippen LogP contribution is 2.32. The van der Waals surface area contributed by atoms with Gasteiger partial charge in [0.25, 0.3) is 5.91 Å². The molecule has 2 aliphatic rings. The van der Waals surface area contributed by atoms with E-state index in [9.17, 15) is 9.59 Å². The highest BCUT2D eigenvalue weighted by Gasteiger charge is 2.30. The molecule has 1 aliphatic heterocycles. The Labute approximate surface area is 203 Å². The van der Waals surface area contributed by atoms with Crippen molar-refractivity contribution in [2.24, 2.45) is 11.8 Å². The molecule has 0 aromatic heterocycles. The number of nitrogens with zero attached hydrogens (tertiary/aromatic N) is 1. The van der Waals surface area contributed by atoms with E-state index in [0.29, 0.717) is 36.9 Å². The van der Waals surface area contributed by atoms with E-state index in [2.05, 4.69) is 45.9 Å². The number of carbonyl (C=O) groups excluding carboxylic acids is 2. The van der Waals surface area contributed by atoms with Gasteiger partial charge in [0.05, 0.1) is 5.56 Å². The van der Waals surface area contributed by atoms with Gasteiger partial charge in [-0.05, 0) is 75.1 Å². The summed E-state index contributed by atoms with van der Waals surface area (Å²) in [6.45, 7) is 5.70. The van der Waals surface area contributed by atoms with E-state index in [1.807, 2.05) is 25.1 Å². The third-order valence-electron chi connectivity index (χ3n) is 6.73. The number of amides is 2. The van der Waals surface area contributed by atoms with Gasteiger partial charge in [-0.15, -0.1) is 0 Å². The Balaban J connectivity index is 1.42. The average molecular weight is 464 g/mol. The highest BCUT2D eigenvalue weighted by molar-refractivity contribution is 6.02. The number of nitrogens with one attached hydrogen (secondary N) is 2. The van der Waals surface area contributed by atoms with E-state index in [0.717, 1.165) is 57.3 Å². The van der Waals surface area contributed by atoms with Crippen LogP contribution in [-0.4, -0.2) is 44.7 Å². The summed E-state index contributed by atoms with van der Waals surface area (Å²) >= 11 is 0. The van der Waals surface area contributed by atoms with Crippen LogP contribution in [0.3, 0.4) is 0 Å². The highest BCUT2D eigenvalue weighted by atomic mass is 16.5. The van der Waals surface area contributed by atoms with E-state index in [1.165, 1.54) is 5.56 Å². The fourth-order valence-electron chi connectivity index (χ4n) is 4.60. The minimum atomic E-state index is -0.0968. The number of hydrogen-bond donors (Lipinski definition) is 2. The summed E-state index contributed by atoms with van der Waals surface area (Å²) in [6, 6.07) is 16.4. The van der Waals surface area contributed by atoms with Crippen molar-refractivity contribution < 1.29 is 14.3 Å². The number of anilines is 2. The second-order valence-electron chi connectivity index (χ2n) is 9.42. The van der Waals surface area contributed by atoms with Gasteiger partial charge in [0.15, 0.2) is 0 Å². The molecule has 2 aromatic rings. The molecule has 34 heavy (non-hydrogen) atoms. The first kappa shape index (κ1) is 24.3. The predicted octanol–water partition coefficient (Wildman–Crippen LogP) is 4.65. The van der Waals surface area contributed by atoms with Gasteiger partial charge in [0.1, 0.15) is 0 Å². The summed E-state index contributed by atoms with van der Waals surface area (Å²) in [6.07, 6.45) is 5.99. The third-order valence-corrected chi connectivity index (χ3v) is 6.73. The molecule has 6 heteroatoms. The fourth-order valence-corrected chi connectivity index (χ4v) is 4.60. The zero-order valence-electron chi connectivity index (χ0n) is 20.2. The van der Waals surface area contributed by atoms with E-state index >= 15 is 0 Å². The van der Waals surface area contributed by atoms with Crippen LogP contribution in [0.1, 0.15) is 54.9 Å². The van der Waals surface area contributed by atoms with E-state index in [1.54, 1.807) is 0 Å². The molecule has 2 N–H and O–H groups in total. The van der Waals surface area contributed by atoms with Crippen LogP contribution in [0.2, 0.25) is 0 Å². The first-order valence-corrected chi connectivity index (χ1v) is 12.7. The SMILES string of the molecule is CCOCCCNC(=O)c1cc(NC(=O)C2CC2)ccc1N1CCC(Cc2ccccc2)CC1. The molecule has 0 unspecified atom stereocenters. The van der Waals surface area contributed by atoms with Crippen LogP contribution in [0.25, 0.3) is 0 Å². The van der Waals surface area contributed by atoms with Gasteiger partial charge in [0.2, 0.25) is 5.91 Å². The first-order chi connectivity index (χ1) is 16.6. The van der Waals surface area contributed by atoms with Gasteiger partial charge in [0, 0.05) is 50.1 Å². The Morgan fingerprint density at radius 1 is 1.03 bits per heavy atom. The summed E-state index contributed by atoms with van der Waals surface area (Å²) in [5, 5.41) is 6.03. The summed E-state index contributed by atoms with van der Waals surface area (Å²) in [4.78, 5) is 27.7. The van der Waals surface area contributed by atoms with Crippen molar-refractivity contribution in [1.29, 1.82) is 0 Å². The lowest BCUT2D eigenvalue weighted by Crippen LogP contribution is -2.36. The lowest BCUT2D eigenvalue weighted by Gasteiger charge is -2.35. The number of rotatable bonds is 11. The average Bonchev–Trinajstić information content (AvgIpc) is 3.71. The molecule has 1 saturated carbocycles. The van der Waals surface area contributed by atoms with Crippen LogP contribution in [0.5, 0.6) is 0 Å². The smallest absolute Gasteiger partial charge is 0.253 e. The molecular formula is C28H37N3O3. The van der Waals surface area contributed by atoms with Gasteiger partial charge in [-0.2, -0.15) is 0 Å². The molecule has 0 bridgehead atoms. The second kappa shape index (κ2) is 12.0. The predicted molar refractivity (Wildman–Crippen MR) is 136 cm³/mol. The first-order valence-electron chi connectivity index (χ1n) is 12.7. The van der Waals surface area contributed by atoms with Crippen LogP contribution < -0.4 is 15.5 Å². The maximum absolute atomic E-state index is 13.1. The molecule has 2 fully saturated rings. The van der Waals surface area contributed by atoms with Crippen molar-refractivity contribution >= 4 is 23.2 Å². The number of ether oxygens (including phenoxy) is 1. The molecule has 2 amide bonds. The van der Waals surface area contributed by atoms with E-state index < -0.39 is 0 Å². The maximum Gasteiger partial charge on any atom is 0.253 e. The molecule has 0 atom stereocenters. The Kier molecular flexibility index (Phi) is 8.58. The van der Waals surface area contributed by atoms with Crippen molar-refractivity contribution in [3.8, 4) is 0 Å². The van der Waals surface area contributed by atoms with Crippen LogP contribution in [-0.2, 0) is 16.0 Å². The summed E-state index contributed by atoms with van der Waals surface area (Å²) in [7, 11) is 0. The number of benzene rings is 2. The molecule has 6 nitrogen and oxygen atoms in total. The van der Waals surface area contributed by atoms with Crippen LogP contribution in [0.4, 0.5) is 11.4 Å². The molecule has 4 rings (SSSR count). The summed E-state index contributed by atoms with van der Waals surface area (Å²) < 4.78 is 5.38. The van der Waals surface area contributed by atoms with Crippen LogP contribution >= 0.6 is 0 Å². The van der Waals surface area contributed by atoms with Gasteiger partial charge in [-0.3, -0.25) is 9.59 Å². The molecule has 1 heterocycles. The van der Waals surface area contributed by atoms with E-state index in [-0.39, 0.29) is 17.7 Å². The maximum atomic E-state index is 13.1. The number of carbonyl (C=O) groups is 2. The van der Waals surface area contributed by atoms with Gasteiger partial charge in [-0.25, -0.2) is 0 Å². The summed E-state index contributed by atoms with van der Waals surface area (Å²) in [5.41, 5.74) is 3.67. The van der Waals surface area contributed by atoms with Gasteiger partial charge >= 0.3 is 0 Å². The Hall–Kier alpha value is -2.86. The molecule has 182 valence electrons. The molecule has 2 aromatic carbocycles. The Morgan fingerprint density at radius 2 is 1.79 bits per heavy atom. The molecular weight excluding hydrogens is 426 g/mol. The minimum Gasteiger partial charge on any atom is -0.382 e. The van der Waals surface area contributed by atoms with Crippen molar-refractivity contribution in [3.05, 3.63) is 59.7 Å². The molecule has 0 spiro atoms. The minimum absolute atomic E-state index is 0.0533. The standard InChI is InChI=1S/C28H37N3O3/c1-2-34-18-6-15-29-28(33)25-20-24(30-27(32)23-9-10-23)11-12-26(25)31-16-13-22(14-17-31)19-21-7-4-3-5-8-21/h3-5,7-8,11-12,20,22-23H,2,6,9-10,13-19H2,1H3,(H,29,33)(H,30,32). The molecule has 1 saturated heterocycles. The zero-order chi connectivity index (χ0) is 23.8. The largest absolute Gasteiger partial charge is 0.382 e. The molecule has 1 aliphatic carbocycles. The van der Waals surface area contributed by atoms with Crippen molar-refractivity contribution in [1.82, 2.24) is 5.32 Å². The molecule has 0 radical (unpaired) electrons. The number of piperidine rings is 1. The van der Waals surface area contributed by atoms with E-state index in [4.69, 9.17) is 4.74 Å². The second-order valence-corrected chi connectivity index (χ2v) is 9.42. The topological polar surface area (TPSA) is 70.7 Å². The van der Waals surface area contributed by atoms with Crippen molar-refractivity contribution in [3.63, 3.8) is 0 Å². The fraction of sp³-hybridized carbons (Fsp3) is 0.500. The quantitative estimate of drug-likeness (QED) is 0.476. The Morgan fingerprint density at radius 3 is 2.50 bits per heavy atom. The van der Waals surface area contributed by atoms with Crippen LogP contribution in [0.15, 0.2) is 48.5 Å². The lowest BCUT2D eigenvalue weighted by molar-refractivity contribution is -0.117. The normalized spacial score (nSPS) is 16.3. The van der Waals surface area contributed by atoms with Gasteiger partial charge < -0.3 is 20.3 Å². The zero-order valence-corrected chi connectivity index (χ0v) is 20.2. The lowest BCUT2D eigenvalue weighted by atomic mass is 9.89. The van der Waals surface area contributed by atoms with Crippen molar-refractivity contribution in [2.45, 2.75) is 45.4 Å².